The van der Waals surface area contributed by atoms with Crippen molar-refractivity contribution < 1.29 is 9.53 Å². The number of nitrogens with two attached hydrogens (primary N) is 1. The molecule has 0 spiro atoms. The molecule has 51 heavy (non-hydrogen) atoms. The Morgan fingerprint density at radius 3 is 2.22 bits per heavy atom. The molecule has 2 N–H and O–H groups in total. The number of hydrogen-bond acceptors (Lipinski definition) is 9. The summed E-state index contributed by atoms with van der Waals surface area (Å²) in [4.78, 5) is 20.5. The predicted molar refractivity (Wildman–Crippen MR) is 222 cm³/mol. The van der Waals surface area contributed by atoms with Crippen LogP contribution in [0.15, 0.2) is 72.8 Å². The Morgan fingerprint density at radius 2 is 1.63 bits per heavy atom. The third kappa shape index (κ3) is 9.76. The number of anilines is 1. The summed E-state index contributed by atoms with van der Waals surface area (Å²) in [5, 5.41) is 10.5. The summed E-state index contributed by atoms with van der Waals surface area (Å²) < 4.78 is 7.51. The van der Waals surface area contributed by atoms with Crippen molar-refractivity contribution >= 4 is 63.4 Å². The molecule has 3 aromatic rings. The SMILES string of the molecule is CCSC(SCC)[C@@H]1CCCN1C(=O)c1cc(C)c(OCCN2CCN(C(=S)SCCC(C#N)(c3ccccc3)c3ccccc3)CC2)cc1N. The van der Waals surface area contributed by atoms with Crippen LogP contribution in [0.1, 0.15) is 60.2 Å². The first-order valence-electron chi connectivity index (χ1n) is 18.0. The molecule has 2 aliphatic rings. The normalized spacial score (nSPS) is 16.7. The van der Waals surface area contributed by atoms with Gasteiger partial charge in [0.25, 0.3) is 5.91 Å². The Labute approximate surface area is 323 Å². The summed E-state index contributed by atoms with van der Waals surface area (Å²) in [5.41, 5.74) is 9.80. The Morgan fingerprint density at radius 1 is 1.00 bits per heavy atom. The topological polar surface area (TPSA) is 85.8 Å². The number of thioether (sulfide) groups is 3. The standard InChI is InChI=1S/C40H51N5O2S4/c1-4-49-38(50-5-2)35-17-12-19-45(35)37(46)33-27-30(3)36(28-34(33)42)47-25-24-43-20-22-44(23-21-43)39(48)51-26-18-40(29-41,31-13-8-6-9-14-31)32-15-10-7-11-16-32/h6-11,13-16,27-28,35,38H,4-5,12,17-26,42H2,1-3H3/t35-/m0/s1. The fraction of sp³-hybridized carbons (Fsp3) is 0.475. The number of ether oxygens (including phenoxy) is 1. The van der Waals surface area contributed by atoms with Gasteiger partial charge in [-0.2, -0.15) is 5.26 Å². The molecule has 5 rings (SSSR count). The van der Waals surface area contributed by atoms with E-state index in [1.807, 2.05) is 103 Å². The van der Waals surface area contributed by atoms with Crippen molar-refractivity contribution in [1.82, 2.24) is 14.7 Å². The van der Waals surface area contributed by atoms with Gasteiger partial charge < -0.3 is 20.3 Å². The minimum Gasteiger partial charge on any atom is -0.492 e. The average molecular weight is 762 g/mol. The lowest BCUT2D eigenvalue weighted by atomic mass is 9.74. The van der Waals surface area contributed by atoms with Gasteiger partial charge in [-0.1, -0.05) is 98.5 Å². The monoisotopic (exact) mass is 761 g/mol. The van der Waals surface area contributed by atoms with Gasteiger partial charge in [-0.3, -0.25) is 9.69 Å². The van der Waals surface area contributed by atoms with Gasteiger partial charge in [-0.25, -0.2) is 0 Å². The number of piperazine rings is 1. The number of nitrogen functional groups attached to an aromatic ring is 1. The fourth-order valence-corrected chi connectivity index (χ4v) is 11.3. The summed E-state index contributed by atoms with van der Waals surface area (Å²) >= 11 is 11.4. The maximum Gasteiger partial charge on any atom is 0.256 e. The maximum absolute atomic E-state index is 13.7. The zero-order valence-electron chi connectivity index (χ0n) is 30.1. The van der Waals surface area contributed by atoms with E-state index >= 15 is 0 Å². The van der Waals surface area contributed by atoms with Crippen LogP contribution >= 0.6 is 47.5 Å². The molecule has 0 aromatic heterocycles. The first-order chi connectivity index (χ1) is 24.8. The van der Waals surface area contributed by atoms with E-state index in [0.29, 0.717) is 28.9 Å². The Balaban J connectivity index is 1.08. The predicted octanol–water partition coefficient (Wildman–Crippen LogP) is 7.93. The lowest BCUT2D eigenvalue weighted by Crippen LogP contribution is -2.48. The minimum absolute atomic E-state index is 0.0359. The summed E-state index contributed by atoms with van der Waals surface area (Å²) in [6.45, 7) is 12.0. The number of aryl methyl sites for hydroxylation is 1. The van der Waals surface area contributed by atoms with Crippen molar-refractivity contribution in [3.63, 3.8) is 0 Å². The third-order valence-corrected chi connectivity index (χ3v) is 14.1. The highest BCUT2D eigenvalue weighted by molar-refractivity contribution is 8.22. The second-order valence-corrected chi connectivity index (χ2v) is 17.8. The zero-order chi connectivity index (χ0) is 36.2. The van der Waals surface area contributed by atoms with Gasteiger partial charge in [0.15, 0.2) is 0 Å². The van der Waals surface area contributed by atoms with Crippen LogP contribution in [-0.4, -0.2) is 98.7 Å². The summed E-state index contributed by atoms with van der Waals surface area (Å²) in [6.07, 6.45) is 2.75. The number of carbonyl (C=O) groups excluding carboxylic acids is 1. The molecule has 0 unspecified atom stereocenters. The van der Waals surface area contributed by atoms with Crippen LogP contribution in [0.5, 0.6) is 5.75 Å². The second kappa shape index (κ2) is 19.3. The molecule has 2 heterocycles. The minimum atomic E-state index is -0.718. The Bertz CT molecular complexity index is 1580. The van der Waals surface area contributed by atoms with Gasteiger partial charge in [0.2, 0.25) is 0 Å². The van der Waals surface area contributed by atoms with Crippen LogP contribution in [0.2, 0.25) is 0 Å². The van der Waals surface area contributed by atoms with E-state index in [9.17, 15) is 10.1 Å². The maximum atomic E-state index is 13.7. The molecule has 7 nitrogen and oxygen atoms in total. The van der Waals surface area contributed by atoms with E-state index in [1.165, 1.54) is 0 Å². The van der Waals surface area contributed by atoms with Crippen molar-refractivity contribution in [3.8, 4) is 11.8 Å². The quantitative estimate of drug-likeness (QED) is 0.0937. The number of likely N-dealkylation sites (tertiary alicyclic amines) is 1. The molecule has 11 heteroatoms. The third-order valence-electron chi connectivity index (χ3n) is 9.84. The highest BCUT2D eigenvalue weighted by Crippen LogP contribution is 2.38. The van der Waals surface area contributed by atoms with E-state index in [2.05, 4.69) is 34.6 Å². The number of carbonyl (C=O) groups is 1. The number of nitrogens with zero attached hydrogens (tertiary/aromatic N) is 4. The van der Waals surface area contributed by atoms with E-state index in [4.69, 9.17) is 22.7 Å². The van der Waals surface area contributed by atoms with Gasteiger partial charge in [0, 0.05) is 56.8 Å². The van der Waals surface area contributed by atoms with E-state index in [-0.39, 0.29) is 11.9 Å². The van der Waals surface area contributed by atoms with Gasteiger partial charge in [-0.15, -0.1) is 23.5 Å². The van der Waals surface area contributed by atoms with E-state index in [0.717, 1.165) is 96.1 Å². The summed E-state index contributed by atoms with van der Waals surface area (Å²) in [5.74, 6) is 3.61. The van der Waals surface area contributed by atoms with Crippen LogP contribution in [0.4, 0.5) is 5.69 Å². The number of hydrogen-bond donors (Lipinski definition) is 1. The number of amides is 1. The van der Waals surface area contributed by atoms with Crippen LogP contribution in [0, 0.1) is 18.3 Å². The molecule has 3 aromatic carbocycles. The van der Waals surface area contributed by atoms with Crippen LogP contribution in [-0.2, 0) is 5.41 Å². The molecule has 0 bridgehead atoms. The molecule has 1 atom stereocenters. The van der Waals surface area contributed by atoms with Crippen LogP contribution in [0.25, 0.3) is 0 Å². The largest absolute Gasteiger partial charge is 0.492 e. The van der Waals surface area contributed by atoms with Crippen molar-refractivity contribution in [2.75, 3.05) is 68.9 Å². The van der Waals surface area contributed by atoms with Gasteiger partial charge in [0.05, 0.1) is 22.3 Å². The lowest BCUT2D eigenvalue weighted by Gasteiger charge is -2.36. The van der Waals surface area contributed by atoms with E-state index in [1.54, 1.807) is 11.8 Å². The fourth-order valence-electron chi connectivity index (χ4n) is 7.03. The Kier molecular flexibility index (Phi) is 14.9. The molecule has 2 aliphatic heterocycles. The van der Waals surface area contributed by atoms with Crippen molar-refractivity contribution in [1.29, 1.82) is 5.26 Å². The smallest absolute Gasteiger partial charge is 0.256 e. The number of rotatable bonds is 15. The lowest BCUT2D eigenvalue weighted by molar-refractivity contribution is 0.0747. The first kappa shape index (κ1) is 39.3. The molecule has 2 fully saturated rings. The molecule has 0 saturated carbocycles. The van der Waals surface area contributed by atoms with Gasteiger partial charge in [0.1, 0.15) is 22.1 Å². The highest BCUT2D eigenvalue weighted by atomic mass is 32.2. The highest BCUT2D eigenvalue weighted by Gasteiger charge is 2.37. The average Bonchev–Trinajstić information content (AvgIpc) is 3.65. The molecule has 272 valence electrons. The summed E-state index contributed by atoms with van der Waals surface area (Å²) in [6, 6.07) is 26.8. The molecule has 0 aliphatic carbocycles. The number of benzene rings is 3. The zero-order valence-corrected chi connectivity index (χ0v) is 33.4. The number of thiocarbonyl (C=S) groups is 1. The first-order valence-corrected chi connectivity index (χ1v) is 21.5. The van der Waals surface area contributed by atoms with E-state index < -0.39 is 5.41 Å². The number of nitriles is 1. The van der Waals surface area contributed by atoms with Crippen LogP contribution < -0.4 is 10.5 Å². The van der Waals surface area contributed by atoms with Crippen molar-refractivity contribution in [3.05, 3.63) is 95.1 Å². The Hall–Kier alpha value is -2.88. The van der Waals surface area contributed by atoms with Crippen molar-refractivity contribution in [2.24, 2.45) is 0 Å². The molecule has 1 amide bonds. The van der Waals surface area contributed by atoms with Crippen LogP contribution in [0.3, 0.4) is 0 Å². The van der Waals surface area contributed by atoms with Gasteiger partial charge >= 0.3 is 0 Å². The molecule has 0 radical (unpaired) electrons. The van der Waals surface area contributed by atoms with Gasteiger partial charge in [-0.05, 0) is 60.4 Å². The molecular formula is C40H51N5O2S4. The van der Waals surface area contributed by atoms with Crippen molar-refractivity contribution in [2.45, 2.75) is 56.1 Å². The summed E-state index contributed by atoms with van der Waals surface area (Å²) in [7, 11) is 0. The second-order valence-electron chi connectivity index (χ2n) is 13.0. The molecule has 2 saturated heterocycles. The molecular weight excluding hydrogens is 711 g/mol.